The Morgan fingerprint density at radius 1 is 1.29 bits per heavy atom. The molecule has 2 rings (SSSR count). The van der Waals surface area contributed by atoms with E-state index in [1.807, 2.05) is 25.7 Å². The van der Waals surface area contributed by atoms with E-state index in [9.17, 15) is 9.59 Å². The fourth-order valence-corrected chi connectivity index (χ4v) is 2.94. The summed E-state index contributed by atoms with van der Waals surface area (Å²) < 4.78 is 5.23. The fourth-order valence-electron chi connectivity index (χ4n) is 2.94. The summed E-state index contributed by atoms with van der Waals surface area (Å²) in [6, 6.07) is 0.0372. The van der Waals surface area contributed by atoms with Gasteiger partial charge in [0.1, 0.15) is 0 Å². The van der Waals surface area contributed by atoms with Gasteiger partial charge in [-0.3, -0.25) is 9.59 Å². The number of rotatable bonds is 6. The highest BCUT2D eigenvalue weighted by atomic mass is 16.5. The number of carbonyl (C=O) groups excluding carboxylic acids is 1. The SMILES string of the molecule is CC(C)(C)c1noc(CCC(=O)N2CCCCC2CCC(=O)O)n1. The van der Waals surface area contributed by atoms with Crippen molar-refractivity contribution in [3.8, 4) is 0 Å². The minimum absolute atomic E-state index is 0.0372. The Hall–Kier alpha value is -1.92. The molecule has 2 heterocycles. The number of carboxylic acid groups (broad SMARTS) is 1. The van der Waals surface area contributed by atoms with Crippen LogP contribution in [0.1, 0.15) is 71.0 Å². The molecule has 7 heteroatoms. The van der Waals surface area contributed by atoms with Gasteiger partial charge in [0.05, 0.1) is 0 Å². The molecule has 1 amide bonds. The van der Waals surface area contributed by atoms with Crippen LogP contribution in [0, 0.1) is 0 Å². The molecule has 1 fully saturated rings. The van der Waals surface area contributed by atoms with Crippen molar-refractivity contribution in [2.24, 2.45) is 0 Å². The molecule has 24 heavy (non-hydrogen) atoms. The summed E-state index contributed by atoms with van der Waals surface area (Å²) in [5.74, 6) is 0.351. The number of aliphatic carboxylic acids is 1. The van der Waals surface area contributed by atoms with E-state index >= 15 is 0 Å². The van der Waals surface area contributed by atoms with Crippen LogP contribution in [-0.2, 0) is 21.4 Å². The molecular weight excluding hydrogens is 310 g/mol. The van der Waals surface area contributed by atoms with E-state index in [1.165, 1.54) is 0 Å². The third kappa shape index (κ3) is 5.04. The van der Waals surface area contributed by atoms with Crippen LogP contribution in [-0.4, -0.2) is 44.6 Å². The molecule has 1 N–H and O–H groups in total. The minimum atomic E-state index is -0.812. The molecule has 1 aromatic rings. The molecular formula is C17H27N3O4. The summed E-state index contributed by atoms with van der Waals surface area (Å²) >= 11 is 0. The first-order valence-electron chi connectivity index (χ1n) is 8.61. The number of carboxylic acids is 1. The minimum Gasteiger partial charge on any atom is -0.481 e. The van der Waals surface area contributed by atoms with Gasteiger partial charge in [-0.25, -0.2) is 0 Å². The van der Waals surface area contributed by atoms with Crippen LogP contribution in [0.25, 0.3) is 0 Å². The van der Waals surface area contributed by atoms with Gasteiger partial charge in [0.15, 0.2) is 5.82 Å². The molecule has 0 radical (unpaired) electrons. The van der Waals surface area contributed by atoms with Crippen molar-refractivity contribution in [1.82, 2.24) is 15.0 Å². The lowest BCUT2D eigenvalue weighted by Gasteiger charge is -2.35. The second kappa shape index (κ2) is 7.77. The first-order chi connectivity index (χ1) is 11.3. The number of likely N-dealkylation sites (tertiary alicyclic amines) is 1. The Labute approximate surface area is 142 Å². The lowest BCUT2D eigenvalue weighted by atomic mass is 9.96. The van der Waals surface area contributed by atoms with Crippen LogP contribution in [0.5, 0.6) is 0 Å². The molecule has 1 saturated heterocycles. The van der Waals surface area contributed by atoms with E-state index < -0.39 is 5.97 Å². The molecule has 7 nitrogen and oxygen atoms in total. The predicted octanol–water partition coefficient (Wildman–Crippen LogP) is 2.55. The van der Waals surface area contributed by atoms with Gasteiger partial charge in [0.25, 0.3) is 0 Å². The number of amides is 1. The maximum atomic E-state index is 12.5. The van der Waals surface area contributed by atoms with E-state index in [1.54, 1.807) is 0 Å². The quantitative estimate of drug-likeness (QED) is 0.857. The number of hydrogen-bond acceptors (Lipinski definition) is 5. The lowest BCUT2D eigenvalue weighted by molar-refractivity contribution is -0.140. The molecule has 1 unspecified atom stereocenters. The molecule has 0 saturated carbocycles. The zero-order chi connectivity index (χ0) is 17.7. The molecule has 1 aromatic heterocycles. The summed E-state index contributed by atoms with van der Waals surface area (Å²) in [5, 5.41) is 12.8. The van der Waals surface area contributed by atoms with Gasteiger partial charge in [0, 0.05) is 37.3 Å². The number of carbonyl (C=O) groups is 2. The van der Waals surface area contributed by atoms with Crippen LogP contribution in [0.15, 0.2) is 4.52 Å². The highest BCUT2D eigenvalue weighted by molar-refractivity contribution is 5.77. The maximum Gasteiger partial charge on any atom is 0.303 e. The fraction of sp³-hybridized carbons (Fsp3) is 0.765. The van der Waals surface area contributed by atoms with Crippen molar-refractivity contribution >= 4 is 11.9 Å². The van der Waals surface area contributed by atoms with Crippen molar-refractivity contribution in [2.75, 3.05) is 6.54 Å². The molecule has 134 valence electrons. The summed E-state index contributed by atoms with van der Waals surface area (Å²) in [4.78, 5) is 29.5. The van der Waals surface area contributed by atoms with Gasteiger partial charge in [-0.2, -0.15) is 4.98 Å². The Morgan fingerprint density at radius 3 is 2.67 bits per heavy atom. The highest BCUT2D eigenvalue weighted by Crippen LogP contribution is 2.23. The van der Waals surface area contributed by atoms with Crippen molar-refractivity contribution in [1.29, 1.82) is 0 Å². The first kappa shape index (κ1) is 18.4. The number of hydrogen-bond donors (Lipinski definition) is 1. The number of aryl methyl sites for hydroxylation is 1. The standard InChI is InChI=1S/C17H27N3O4/c1-17(2,3)16-18-13(24-19-16)8-9-14(21)20-11-5-4-6-12(20)7-10-15(22)23/h12H,4-11H2,1-3H3,(H,22,23). The van der Waals surface area contributed by atoms with Crippen LogP contribution in [0.4, 0.5) is 0 Å². The van der Waals surface area contributed by atoms with E-state index in [0.717, 1.165) is 19.3 Å². The van der Waals surface area contributed by atoms with Gasteiger partial charge in [-0.1, -0.05) is 25.9 Å². The number of nitrogens with zero attached hydrogens (tertiary/aromatic N) is 3. The van der Waals surface area contributed by atoms with E-state index in [4.69, 9.17) is 9.63 Å². The van der Waals surface area contributed by atoms with Crippen LogP contribution >= 0.6 is 0 Å². The molecule has 0 spiro atoms. The monoisotopic (exact) mass is 337 g/mol. The third-order valence-corrected chi connectivity index (χ3v) is 4.33. The van der Waals surface area contributed by atoms with E-state index in [0.29, 0.717) is 37.5 Å². The third-order valence-electron chi connectivity index (χ3n) is 4.33. The Morgan fingerprint density at radius 2 is 2.04 bits per heavy atom. The normalized spacial score (nSPS) is 18.6. The first-order valence-corrected chi connectivity index (χ1v) is 8.61. The summed E-state index contributed by atoms with van der Waals surface area (Å²) in [7, 11) is 0. The smallest absolute Gasteiger partial charge is 0.303 e. The van der Waals surface area contributed by atoms with Gasteiger partial charge >= 0.3 is 5.97 Å². The average Bonchev–Trinajstić information content (AvgIpc) is 3.00. The summed E-state index contributed by atoms with van der Waals surface area (Å²) in [6.45, 7) is 6.73. The van der Waals surface area contributed by atoms with E-state index in [-0.39, 0.29) is 23.8 Å². The second-order valence-corrected chi connectivity index (χ2v) is 7.43. The lowest BCUT2D eigenvalue weighted by Crippen LogP contribution is -2.44. The second-order valence-electron chi connectivity index (χ2n) is 7.43. The highest BCUT2D eigenvalue weighted by Gasteiger charge is 2.27. The molecule has 1 aliphatic rings. The Kier molecular flexibility index (Phi) is 5.96. The van der Waals surface area contributed by atoms with E-state index in [2.05, 4.69) is 10.1 Å². The van der Waals surface area contributed by atoms with Gasteiger partial charge in [-0.15, -0.1) is 0 Å². The molecule has 0 bridgehead atoms. The average molecular weight is 337 g/mol. The zero-order valence-corrected chi connectivity index (χ0v) is 14.7. The largest absolute Gasteiger partial charge is 0.481 e. The Bertz CT molecular complexity index is 577. The number of piperidine rings is 1. The van der Waals surface area contributed by atoms with Crippen LogP contribution in [0.2, 0.25) is 0 Å². The van der Waals surface area contributed by atoms with Crippen LogP contribution in [0.3, 0.4) is 0 Å². The number of aromatic nitrogens is 2. The molecule has 1 aliphatic heterocycles. The molecule has 0 aliphatic carbocycles. The molecule has 0 aromatic carbocycles. The van der Waals surface area contributed by atoms with Gasteiger partial charge < -0.3 is 14.5 Å². The zero-order valence-electron chi connectivity index (χ0n) is 14.7. The van der Waals surface area contributed by atoms with Crippen molar-refractivity contribution < 1.29 is 19.2 Å². The Balaban J connectivity index is 1.90. The predicted molar refractivity (Wildman–Crippen MR) is 87.5 cm³/mol. The summed E-state index contributed by atoms with van der Waals surface area (Å²) in [6.07, 6.45) is 4.27. The van der Waals surface area contributed by atoms with Crippen molar-refractivity contribution in [3.05, 3.63) is 11.7 Å². The van der Waals surface area contributed by atoms with Crippen molar-refractivity contribution in [3.63, 3.8) is 0 Å². The van der Waals surface area contributed by atoms with Crippen LogP contribution < -0.4 is 0 Å². The van der Waals surface area contributed by atoms with Gasteiger partial charge in [0.2, 0.25) is 11.8 Å². The van der Waals surface area contributed by atoms with Crippen molar-refractivity contribution in [2.45, 2.75) is 77.2 Å². The molecule has 1 atom stereocenters. The van der Waals surface area contributed by atoms with Gasteiger partial charge in [-0.05, 0) is 25.7 Å². The maximum absolute atomic E-state index is 12.5. The topological polar surface area (TPSA) is 96.5 Å². The summed E-state index contributed by atoms with van der Waals surface area (Å²) in [5.41, 5.74) is -0.180.